The van der Waals surface area contributed by atoms with Crippen molar-refractivity contribution in [3.63, 3.8) is 0 Å². The number of carbonyl (C=O) groups excluding carboxylic acids is 3. The molecule has 1 saturated carbocycles. The maximum atomic E-state index is 13.5. The van der Waals surface area contributed by atoms with Gasteiger partial charge < -0.3 is 19.6 Å². The van der Waals surface area contributed by atoms with Crippen molar-refractivity contribution in [1.29, 1.82) is 0 Å². The number of rotatable bonds is 7. The average Bonchev–Trinajstić information content (AvgIpc) is 3.47. The summed E-state index contributed by atoms with van der Waals surface area (Å²) in [5.74, 6) is -1.75. The Kier molecular flexibility index (Phi) is 6.55. The Hall–Kier alpha value is -3.10. The third kappa shape index (κ3) is 4.15. The number of hydrogen-bond donors (Lipinski definition) is 1. The summed E-state index contributed by atoms with van der Waals surface area (Å²) in [6.45, 7) is -0.654. The van der Waals surface area contributed by atoms with Crippen molar-refractivity contribution < 1.29 is 37.6 Å². The van der Waals surface area contributed by atoms with Gasteiger partial charge in [0.1, 0.15) is 17.6 Å². The molecule has 2 saturated heterocycles. The molecule has 0 radical (unpaired) electrons. The number of methoxy groups -OCH3 is 1. The number of hydrogen-bond acceptors (Lipinski definition) is 9. The molecule has 1 aliphatic carbocycles. The second-order valence-electron chi connectivity index (χ2n) is 8.77. The molecule has 35 heavy (non-hydrogen) atoms. The number of amides is 2. The summed E-state index contributed by atoms with van der Waals surface area (Å²) in [4.78, 5) is 51.4. The quantitative estimate of drug-likeness (QED) is 0.288. The summed E-state index contributed by atoms with van der Waals surface area (Å²) in [6, 6.07) is 2.36. The van der Waals surface area contributed by atoms with Crippen LogP contribution in [0.15, 0.2) is 29.2 Å². The van der Waals surface area contributed by atoms with E-state index in [4.69, 9.17) is 4.74 Å². The Labute approximate surface area is 201 Å². The summed E-state index contributed by atoms with van der Waals surface area (Å²) in [7, 11) is -2.93. The first-order chi connectivity index (χ1) is 16.6. The number of esters is 1. The highest BCUT2D eigenvalue weighted by Gasteiger charge is 2.63. The van der Waals surface area contributed by atoms with Gasteiger partial charge in [-0.15, -0.1) is 0 Å². The number of piperazine rings is 1. The zero-order valence-electron chi connectivity index (χ0n) is 19.0. The third-order valence-electron chi connectivity index (χ3n) is 6.88. The predicted molar refractivity (Wildman–Crippen MR) is 118 cm³/mol. The summed E-state index contributed by atoms with van der Waals surface area (Å²) in [5, 5.41) is 20.9. The van der Waals surface area contributed by atoms with Gasteiger partial charge in [0, 0.05) is 31.8 Å². The van der Waals surface area contributed by atoms with Gasteiger partial charge >= 0.3 is 5.97 Å². The number of non-ortho nitro benzene ring substituents is 1. The van der Waals surface area contributed by atoms with E-state index in [-0.39, 0.29) is 43.1 Å². The topological polar surface area (TPSA) is 168 Å². The smallest absolute Gasteiger partial charge is 0.328 e. The average molecular weight is 511 g/mol. The van der Waals surface area contributed by atoms with Crippen LogP contribution >= 0.6 is 0 Å². The van der Waals surface area contributed by atoms with Crippen molar-refractivity contribution in [3.05, 3.63) is 34.4 Å². The summed E-state index contributed by atoms with van der Waals surface area (Å²) >= 11 is 0. The van der Waals surface area contributed by atoms with Crippen molar-refractivity contribution in [2.75, 3.05) is 33.4 Å². The lowest BCUT2D eigenvalue weighted by Gasteiger charge is -2.43. The van der Waals surface area contributed by atoms with Crippen LogP contribution in [0.25, 0.3) is 0 Å². The molecule has 2 amide bonds. The van der Waals surface area contributed by atoms with Crippen LogP contribution in [-0.4, -0.2) is 101 Å². The minimum absolute atomic E-state index is 0.116. The van der Waals surface area contributed by atoms with E-state index in [0.717, 1.165) is 28.6 Å². The maximum Gasteiger partial charge on any atom is 0.328 e. The highest BCUT2D eigenvalue weighted by molar-refractivity contribution is 7.89. The summed E-state index contributed by atoms with van der Waals surface area (Å²) < 4.78 is 32.5. The fourth-order valence-electron chi connectivity index (χ4n) is 4.90. The molecular weight excluding hydrogens is 484 g/mol. The first kappa shape index (κ1) is 25.0. The van der Waals surface area contributed by atoms with Gasteiger partial charge in [-0.3, -0.25) is 19.7 Å². The van der Waals surface area contributed by atoms with E-state index in [9.17, 15) is 38.0 Å². The molecule has 190 valence electrons. The number of likely N-dealkylation sites (tertiary alicyclic amines) is 1. The van der Waals surface area contributed by atoms with Crippen LogP contribution in [0.5, 0.6) is 0 Å². The van der Waals surface area contributed by atoms with E-state index in [1.165, 1.54) is 16.9 Å². The monoisotopic (exact) mass is 510 g/mol. The Morgan fingerprint density at radius 2 is 1.89 bits per heavy atom. The van der Waals surface area contributed by atoms with Crippen LogP contribution in [0.3, 0.4) is 0 Å². The van der Waals surface area contributed by atoms with Gasteiger partial charge in [0.25, 0.3) is 5.69 Å². The van der Waals surface area contributed by atoms with E-state index in [1.807, 2.05) is 0 Å². The van der Waals surface area contributed by atoms with Gasteiger partial charge in [0.05, 0.1) is 23.5 Å². The Morgan fingerprint density at radius 1 is 1.23 bits per heavy atom. The number of aliphatic hydroxyl groups excluding tert-OH is 1. The standard InChI is InChI=1S/C21H26N4O9S/c1-34-19(28)16-3-2-10-22(16)18(27)17(13-26)23-11-12-24(21(8-9-21)20(23)29)35(32,33)15-6-4-14(5-7-15)25(30)31/h4-7,16-17,26H,2-3,8-13H2,1H3/t16-,17-/m0/s1. The SMILES string of the molecule is COC(=O)[C@@H]1CCCN1C(=O)[C@H](CO)N1CCN(S(=O)(=O)c2ccc([N+](=O)[O-])cc2)C2(CC2)C1=O. The highest BCUT2D eigenvalue weighted by Crippen LogP contribution is 2.48. The Morgan fingerprint density at radius 3 is 2.43 bits per heavy atom. The minimum atomic E-state index is -4.15. The number of nitro groups is 1. The van der Waals surface area contributed by atoms with E-state index in [0.29, 0.717) is 12.8 Å². The van der Waals surface area contributed by atoms with Gasteiger partial charge in [0.2, 0.25) is 21.8 Å². The van der Waals surface area contributed by atoms with Crippen LogP contribution in [0.1, 0.15) is 25.7 Å². The van der Waals surface area contributed by atoms with Crippen molar-refractivity contribution in [3.8, 4) is 0 Å². The molecule has 4 rings (SSSR count). The Balaban J connectivity index is 1.56. The van der Waals surface area contributed by atoms with Gasteiger partial charge in [0.15, 0.2) is 0 Å². The second kappa shape index (κ2) is 9.17. The molecular formula is C21H26N4O9S. The zero-order valence-corrected chi connectivity index (χ0v) is 19.8. The molecule has 13 nitrogen and oxygen atoms in total. The molecule has 3 aliphatic rings. The number of nitrogens with zero attached hydrogens (tertiary/aromatic N) is 4. The Bertz CT molecular complexity index is 1150. The first-order valence-electron chi connectivity index (χ1n) is 11.2. The van der Waals surface area contributed by atoms with E-state index >= 15 is 0 Å². The van der Waals surface area contributed by atoms with E-state index < -0.39 is 57.0 Å². The largest absolute Gasteiger partial charge is 0.467 e. The molecule has 14 heteroatoms. The second-order valence-corrected chi connectivity index (χ2v) is 10.6. The number of ether oxygens (including phenoxy) is 1. The molecule has 1 spiro atoms. The number of benzene rings is 1. The molecule has 0 aromatic heterocycles. The normalized spacial score (nSPS) is 22.8. The van der Waals surface area contributed by atoms with Gasteiger partial charge in [-0.2, -0.15) is 4.31 Å². The number of aliphatic hydroxyl groups is 1. The van der Waals surface area contributed by atoms with E-state index in [1.54, 1.807) is 0 Å². The molecule has 0 unspecified atom stereocenters. The fraction of sp³-hybridized carbons (Fsp3) is 0.571. The molecule has 1 aromatic carbocycles. The summed E-state index contributed by atoms with van der Waals surface area (Å²) in [5.41, 5.74) is -1.64. The molecule has 1 N–H and O–H groups in total. The molecule has 2 aliphatic heterocycles. The molecule has 0 bridgehead atoms. The highest BCUT2D eigenvalue weighted by atomic mass is 32.2. The zero-order chi connectivity index (χ0) is 25.5. The van der Waals surface area contributed by atoms with Crippen LogP contribution in [0, 0.1) is 10.1 Å². The molecule has 3 fully saturated rings. The lowest BCUT2D eigenvalue weighted by Crippen LogP contribution is -2.65. The molecule has 1 aromatic rings. The van der Waals surface area contributed by atoms with Crippen LogP contribution in [-0.2, 0) is 29.1 Å². The van der Waals surface area contributed by atoms with Crippen LogP contribution in [0.2, 0.25) is 0 Å². The van der Waals surface area contributed by atoms with Crippen molar-refractivity contribution in [2.24, 2.45) is 0 Å². The van der Waals surface area contributed by atoms with Gasteiger partial charge in [-0.05, 0) is 37.8 Å². The summed E-state index contributed by atoms with van der Waals surface area (Å²) in [6.07, 6.45) is 1.48. The number of sulfonamides is 1. The van der Waals surface area contributed by atoms with Gasteiger partial charge in [-0.25, -0.2) is 13.2 Å². The van der Waals surface area contributed by atoms with Crippen molar-refractivity contribution in [2.45, 2.75) is 48.2 Å². The van der Waals surface area contributed by atoms with Gasteiger partial charge in [-0.1, -0.05) is 0 Å². The van der Waals surface area contributed by atoms with Crippen LogP contribution < -0.4 is 0 Å². The molecule has 2 atom stereocenters. The van der Waals surface area contributed by atoms with Crippen molar-refractivity contribution in [1.82, 2.24) is 14.1 Å². The maximum absolute atomic E-state index is 13.5. The fourth-order valence-corrected chi connectivity index (χ4v) is 6.67. The minimum Gasteiger partial charge on any atom is -0.467 e. The number of nitro benzene ring substituents is 1. The third-order valence-corrected chi connectivity index (χ3v) is 8.86. The number of carbonyl (C=O) groups is 3. The predicted octanol–water partition coefficient (Wildman–Crippen LogP) is -0.515. The first-order valence-corrected chi connectivity index (χ1v) is 12.6. The molecule has 2 heterocycles. The van der Waals surface area contributed by atoms with E-state index in [2.05, 4.69) is 0 Å². The lowest BCUT2D eigenvalue weighted by atomic mass is 10.1. The van der Waals surface area contributed by atoms with Crippen molar-refractivity contribution >= 4 is 33.5 Å². The van der Waals surface area contributed by atoms with Crippen LogP contribution in [0.4, 0.5) is 5.69 Å². The lowest BCUT2D eigenvalue weighted by molar-refractivity contribution is -0.384.